The molecule has 0 nitrogen and oxygen atoms in total. The van der Waals surface area contributed by atoms with Gasteiger partial charge in [0.1, 0.15) is 0 Å². The Morgan fingerprint density at radius 3 is 2.85 bits per heavy atom. The number of rotatable bonds is 1. The van der Waals surface area contributed by atoms with Crippen molar-refractivity contribution in [2.75, 3.05) is 6.26 Å². The van der Waals surface area contributed by atoms with Crippen LogP contribution in [0.25, 0.3) is 10.1 Å². The first-order valence-electron chi connectivity index (χ1n) is 3.63. The third-order valence-electron chi connectivity index (χ3n) is 1.77. The molecule has 0 bridgehead atoms. The van der Waals surface area contributed by atoms with Gasteiger partial charge in [-0.15, -0.1) is 23.1 Å². The molecule has 0 unspecified atom stereocenters. The predicted molar refractivity (Wildman–Crippen MR) is 66.3 cm³/mol. The Balaban J connectivity index is 2.75. The molecule has 1 aromatic carbocycles. The molecule has 68 valence electrons. The van der Waals surface area contributed by atoms with Crippen LogP contribution in [0.15, 0.2) is 23.1 Å². The summed E-state index contributed by atoms with van der Waals surface area (Å²) in [7, 11) is 0. The number of thiophene rings is 1. The molecular weight excluding hydrogens is 318 g/mol. The molecular formula is C9H6FIS2. The normalized spacial score (nSPS) is 11.0. The predicted octanol–water partition coefficient (Wildman–Crippen LogP) is 4.37. The third-order valence-corrected chi connectivity index (χ3v) is 4.24. The summed E-state index contributed by atoms with van der Waals surface area (Å²) in [6.07, 6.45) is 2.03. The molecule has 2 aromatic rings. The lowest BCUT2D eigenvalue weighted by atomic mass is 10.3. The molecule has 0 atom stereocenters. The van der Waals surface area contributed by atoms with Gasteiger partial charge < -0.3 is 0 Å². The molecule has 0 saturated heterocycles. The zero-order valence-corrected chi connectivity index (χ0v) is 10.6. The van der Waals surface area contributed by atoms with Gasteiger partial charge in [0.05, 0.1) is 0 Å². The first kappa shape index (κ1) is 9.73. The standard InChI is InChI=1S/C9H6FIS2/c1-12-5-2-7(11)6-4-9(10)13-8(6)3-5/h2-4H,1H3. The Labute approximate surface area is 97.7 Å². The molecule has 0 N–H and O–H groups in total. The average molecular weight is 324 g/mol. The van der Waals surface area contributed by atoms with Crippen LogP contribution in [0.3, 0.4) is 0 Å². The van der Waals surface area contributed by atoms with E-state index in [9.17, 15) is 4.39 Å². The molecule has 4 heteroatoms. The average Bonchev–Trinajstić information content (AvgIpc) is 2.46. The Bertz CT molecular complexity index is 450. The van der Waals surface area contributed by atoms with Crippen molar-refractivity contribution in [3.05, 3.63) is 26.9 Å². The molecule has 2 rings (SSSR count). The number of fused-ring (bicyclic) bond motifs is 1. The van der Waals surface area contributed by atoms with E-state index in [1.807, 2.05) is 12.3 Å². The van der Waals surface area contributed by atoms with Crippen molar-refractivity contribution < 1.29 is 4.39 Å². The maximum Gasteiger partial charge on any atom is 0.177 e. The molecule has 0 aliphatic carbocycles. The summed E-state index contributed by atoms with van der Waals surface area (Å²) < 4.78 is 15.1. The number of benzene rings is 1. The SMILES string of the molecule is CSc1cc(I)c2cc(F)sc2c1. The van der Waals surface area contributed by atoms with Crippen LogP contribution in [-0.4, -0.2) is 6.26 Å². The zero-order valence-electron chi connectivity index (χ0n) is 6.80. The van der Waals surface area contributed by atoms with Gasteiger partial charge in [0, 0.05) is 18.6 Å². The summed E-state index contributed by atoms with van der Waals surface area (Å²) >= 11 is 5.14. The fourth-order valence-corrected chi connectivity index (χ4v) is 3.73. The number of halogens is 2. The zero-order chi connectivity index (χ0) is 9.42. The van der Waals surface area contributed by atoms with E-state index in [2.05, 4.69) is 28.7 Å². The van der Waals surface area contributed by atoms with Gasteiger partial charge in [0.15, 0.2) is 5.13 Å². The molecule has 0 radical (unpaired) electrons. The minimum absolute atomic E-state index is 0.105. The van der Waals surface area contributed by atoms with Crippen molar-refractivity contribution in [1.82, 2.24) is 0 Å². The van der Waals surface area contributed by atoms with Gasteiger partial charge in [-0.2, -0.15) is 4.39 Å². The molecule has 0 aliphatic heterocycles. The van der Waals surface area contributed by atoms with Crippen LogP contribution in [0.1, 0.15) is 0 Å². The first-order chi connectivity index (χ1) is 6.20. The summed E-state index contributed by atoms with van der Waals surface area (Å²) in [6, 6.07) is 5.72. The highest BCUT2D eigenvalue weighted by molar-refractivity contribution is 14.1. The molecule has 0 fully saturated rings. The Morgan fingerprint density at radius 1 is 1.38 bits per heavy atom. The van der Waals surface area contributed by atoms with E-state index >= 15 is 0 Å². The summed E-state index contributed by atoms with van der Waals surface area (Å²) in [4.78, 5) is 1.19. The molecule has 13 heavy (non-hydrogen) atoms. The lowest BCUT2D eigenvalue weighted by Gasteiger charge is -1.98. The number of hydrogen-bond acceptors (Lipinski definition) is 2. The van der Waals surface area contributed by atoms with Gasteiger partial charge in [-0.3, -0.25) is 0 Å². The maximum atomic E-state index is 12.9. The molecule has 0 spiro atoms. The lowest BCUT2D eigenvalue weighted by molar-refractivity contribution is 0.658. The van der Waals surface area contributed by atoms with Gasteiger partial charge in [-0.25, -0.2) is 0 Å². The largest absolute Gasteiger partial charge is 0.195 e. The Morgan fingerprint density at radius 2 is 2.15 bits per heavy atom. The fraction of sp³-hybridized carbons (Fsp3) is 0.111. The number of thioether (sulfide) groups is 1. The highest BCUT2D eigenvalue weighted by Gasteiger charge is 2.05. The smallest absolute Gasteiger partial charge is 0.177 e. The van der Waals surface area contributed by atoms with Crippen molar-refractivity contribution >= 4 is 55.8 Å². The molecule has 0 saturated carbocycles. The minimum Gasteiger partial charge on any atom is -0.195 e. The number of hydrogen-bond donors (Lipinski definition) is 0. The van der Waals surface area contributed by atoms with Crippen molar-refractivity contribution in [2.45, 2.75) is 4.90 Å². The molecule has 1 heterocycles. The summed E-state index contributed by atoms with van der Waals surface area (Å²) in [5.41, 5.74) is 0. The van der Waals surface area contributed by atoms with E-state index in [-0.39, 0.29) is 5.13 Å². The molecule has 0 aliphatic rings. The van der Waals surface area contributed by atoms with Crippen LogP contribution in [0.5, 0.6) is 0 Å². The minimum atomic E-state index is -0.105. The van der Waals surface area contributed by atoms with Crippen molar-refractivity contribution in [3.8, 4) is 0 Å². The van der Waals surface area contributed by atoms with E-state index in [0.717, 1.165) is 13.7 Å². The van der Waals surface area contributed by atoms with Crippen molar-refractivity contribution in [2.24, 2.45) is 0 Å². The Hall–Kier alpha value is 0.190. The quantitative estimate of drug-likeness (QED) is 0.555. The summed E-state index contributed by atoms with van der Waals surface area (Å²) in [5, 5.41) is 0.923. The Kier molecular flexibility index (Phi) is 2.80. The van der Waals surface area contributed by atoms with E-state index in [1.165, 1.54) is 16.2 Å². The third kappa shape index (κ3) is 1.85. The topological polar surface area (TPSA) is 0 Å². The van der Waals surface area contributed by atoms with Gasteiger partial charge in [-0.05, 0) is 47.0 Å². The van der Waals surface area contributed by atoms with Crippen LogP contribution in [0.4, 0.5) is 4.39 Å². The van der Waals surface area contributed by atoms with Crippen LogP contribution in [-0.2, 0) is 0 Å². The molecule has 0 amide bonds. The van der Waals surface area contributed by atoms with Crippen molar-refractivity contribution in [1.29, 1.82) is 0 Å². The van der Waals surface area contributed by atoms with E-state index in [1.54, 1.807) is 17.8 Å². The second-order valence-electron chi connectivity index (χ2n) is 2.57. The fourth-order valence-electron chi connectivity index (χ4n) is 1.16. The van der Waals surface area contributed by atoms with Crippen molar-refractivity contribution in [3.63, 3.8) is 0 Å². The van der Waals surface area contributed by atoms with Crippen LogP contribution in [0, 0.1) is 8.70 Å². The van der Waals surface area contributed by atoms with E-state index in [4.69, 9.17) is 0 Å². The lowest BCUT2D eigenvalue weighted by Crippen LogP contribution is -1.74. The van der Waals surface area contributed by atoms with Crippen LogP contribution >= 0.6 is 45.7 Å². The van der Waals surface area contributed by atoms with E-state index in [0.29, 0.717) is 0 Å². The highest BCUT2D eigenvalue weighted by Crippen LogP contribution is 2.32. The van der Waals surface area contributed by atoms with Crippen LogP contribution < -0.4 is 0 Å². The second kappa shape index (κ2) is 3.74. The second-order valence-corrected chi connectivity index (χ2v) is 5.65. The van der Waals surface area contributed by atoms with Crippen LogP contribution in [0.2, 0.25) is 0 Å². The maximum absolute atomic E-state index is 12.9. The van der Waals surface area contributed by atoms with Gasteiger partial charge >= 0.3 is 0 Å². The summed E-state index contributed by atoms with van der Waals surface area (Å²) in [5.74, 6) is 0. The van der Waals surface area contributed by atoms with Gasteiger partial charge in [-0.1, -0.05) is 0 Å². The first-order valence-corrected chi connectivity index (χ1v) is 6.75. The van der Waals surface area contributed by atoms with Gasteiger partial charge in [0.2, 0.25) is 0 Å². The monoisotopic (exact) mass is 324 g/mol. The van der Waals surface area contributed by atoms with E-state index < -0.39 is 0 Å². The highest BCUT2D eigenvalue weighted by atomic mass is 127. The molecule has 1 aromatic heterocycles. The summed E-state index contributed by atoms with van der Waals surface area (Å²) in [6.45, 7) is 0. The van der Waals surface area contributed by atoms with Gasteiger partial charge in [0.25, 0.3) is 0 Å².